The number of hydrogen-bond acceptors (Lipinski definition) is 5. The molecule has 0 N–H and O–H groups in total. The number of benzene rings is 1. The van der Waals surface area contributed by atoms with Gasteiger partial charge in [-0.3, -0.25) is 0 Å². The molecule has 0 aliphatic heterocycles. The van der Waals surface area contributed by atoms with E-state index in [4.69, 9.17) is 0 Å². The third-order valence-corrected chi connectivity index (χ3v) is 2.98. The zero-order chi connectivity index (χ0) is 14.7. The second kappa shape index (κ2) is 5.66. The van der Waals surface area contributed by atoms with Crippen molar-refractivity contribution in [3.63, 3.8) is 0 Å². The van der Waals surface area contributed by atoms with E-state index in [9.17, 15) is 4.79 Å². The van der Waals surface area contributed by atoms with Crippen molar-refractivity contribution in [2.45, 2.75) is 19.8 Å². The van der Waals surface area contributed by atoms with E-state index < -0.39 is 0 Å². The molecule has 0 fully saturated rings. The van der Waals surface area contributed by atoms with E-state index in [2.05, 4.69) is 20.2 Å². The summed E-state index contributed by atoms with van der Waals surface area (Å²) in [6.45, 7) is 2.03. The molecule has 0 radical (unpaired) electrons. The van der Waals surface area contributed by atoms with Gasteiger partial charge in [-0.15, -0.1) is 5.10 Å². The molecular formula is C14H14N6O. The van der Waals surface area contributed by atoms with Gasteiger partial charge in [0.25, 0.3) is 0 Å². The maximum absolute atomic E-state index is 12.4. The molecule has 3 aromatic rings. The van der Waals surface area contributed by atoms with Crippen LogP contribution in [0.25, 0.3) is 11.4 Å². The molecule has 0 atom stereocenters. The van der Waals surface area contributed by atoms with E-state index in [0.717, 1.165) is 16.7 Å². The van der Waals surface area contributed by atoms with Gasteiger partial charge in [0.05, 0.1) is 0 Å². The van der Waals surface area contributed by atoms with Gasteiger partial charge >= 0.3 is 6.03 Å². The molecule has 1 aromatic carbocycles. The second-order valence-electron chi connectivity index (χ2n) is 4.50. The van der Waals surface area contributed by atoms with Crippen LogP contribution >= 0.6 is 0 Å². The van der Waals surface area contributed by atoms with Crippen molar-refractivity contribution in [3.05, 3.63) is 48.8 Å². The summed E-state index contributed by atoms with van der Waals surface area (Å²) >= 11 is 0. The summed E-state index contributed by atoms with van der Waals surface area (Å²) in [5.74, 6) is 1.16. The molecule has 7 nitrogen and oxygen atoms in total. The van der Waals surface area contributed by atoms with Crippen LogP contribution < -0.4 is 0 Å². The van der Waals surface area contributed by atoms with Crippen LogP contribution in [0.15, 0.2) is 43.0 Å². The van der Waals surface area contributed by atoms with Crippen LogP contribution in [0.5, 0.6) is 0 Å². The lowest BCUT2D eigenvalue weighted by molar-refractivity contribution is 0.237. The van der Waals surface area contributed by atoms with Crippen LogP contribution in [0, 0.1) is 0 Å². The first-order valence-corrected chi connectivity index (χ1v) is 6.70. The molecule has 2 heterocycles. The third kappa shape index (κ3) is 2.58. The van der Waals surface area contributed by atoms with Crippen molar-refractivity contribution in [2.75, 3.05) is 0 Å². The van der Waals surface area contributed by atoms with E-state index in [-0.39, 0.29) is 6.03 Å². The number of aryl methyl sites for hydroxylation is 1. The molecule has 3 rings (SSSR count). The summed E-state index contributed by atoms with van der Waals surface area (Å²) in [6, 6.07) is 9.19. The van der Waals surface area contributed by atoms with Crippen molar-refractivity contribution in [3.8, 4) is 11.4 Å². The van der Waals surface area contributed by atoms with E-state index in [1.165, 1.54) is 17.3 Å². The molecule has 0 aliphatic carbocycles. The van der Waals surface area contributed by atoms with Crippen molar-refractivity contribution >= 4 is 6.03 Å². The first kappa shape index (κ1) is 13.2. The van der Waals surface area contributed by atoms with Crippen molar-refractivity contribution in [1.29, 1.82) is 0 Å². The summed E-state index contributed by atoms with van der Waals surface area (Å²) in [6.07, 6.45) is 4.20. The summed E-state index contributed by atoms with van der Waals surface area (Å²) in [5, 5.41) is 8.17. The molecule has 0 saturated carbocycles. The first-order chi connectivity index (χ1) is 10.3. The van der Waals surface area contributed by atoms with E-state index in [1.54, 1.807) is 0 Å². The molecule has 106 valence electrons. The molecule has 2 aromatic heterocycles. The smallest absolute Gasteiger partial charge is 0.243 e. The Morgan fingerprint density at radius 3 is 2.71 bits per heavy atom. The van der Waals surface area contributed by atoms with Gasteiger partial charge in [0.2, 0.25) is 0 Å². The quantitative estimate of drug-likeness (QED) is 0.734. The van der Waals surface area contributed by atoms with E-state index in [1.807, 2.05) is 37.3 Å². The zero-order valence-corrected chi connectivity index (χ0v) is 11.5. The first-order valence-electron chi connectivity index (χ1n) is 6.70. The standard InChI is InChI=1S/C14H14N6O/c1-2-6-12-17-13(11-7-4-3-5-8-11)18-20(12)14(21)19-10-15-9-16-19/h3-5,7-10H,2,6H2,1H3. The summed E-state index contributed by atoms with van der Waals surface area (Å²) in [5.41, 5.74) is 0.875. The number of hydrogen-bond donors (Lipinski definition) is 0. The topological polar surface area (TPSA) is 78.5 Å². The monoisotopic (exact) mass is 282 g/mol. The lowest BCUT2D eigenvalue weighted by atomic mass is 10.2. The largest absolute Gasteiger partial charge is 0.372 e. The fourth-order valence-electron chi connectivity index (χ4n) is 2.00. The molecule has 0 spiro atoms. The normalized spacial score (nSPS) is 10.7. The summed E-state index contributed by atoms with van der Waals surface area (Å²) in [7, 11) is 0. The predicted octanol–water partition coefficient (Wildman–Crippen LogP) is 2.01. The third-order valence-electron chi connectivity index (χ3n) is 2.98. The molecule has 0 aliphatic rings. The van der Waals surface area contributed by atoms with Crippen LogP contribution in [0.2, 0.25) is 0 Å². The SMILES string of the molecule is CCCc1nc(-c2ccccc2)nn1C(=O)n1cncn1. The van der Waals surface area contributed by atoms with Gasteiger partial charge in [-0.25, -0.2) is 14.8 Å². The number of aromatic nitrogens is 6. The van der Waals surface area contributed by atoms with Crippen molar-refractivity contribution in [1.82, 2.24) is 29.5 Å². The van der Waals surface area contributed by atoms with Crippen LogP contribution in [0.1, 0.15) is 19.2 Å². The average Bonchev–Trinajstić information content (AvgIpc) is 3.18. The highest BCUT2D eigenvalue weighted by Gasteiger charge is 2.18. The van der Waals surface area contributed by atoms with Gasteiger partial charge in [-0.05, 0) is 6.42 Å². The van der Waals surface area contributed by atoms with Crippen LogP contribution in [-0.2, 0) is 6.42 Å². The Morgan fingerprint density at radius 1 is 1.24 bits per heavy atom. The maximum Gasteiger partial charge on any atom is 0.372 e. The van der Waals surface area contributed by atoms with E-state index in [0.29, 0.717) is 18.1 Å². The van der Waals surface area contributed by atoms with Crippen LogP contribution in [0.3, 0.4) is 0 Å². The molecule has 7 heteroatoms. The number of rotatable bonds is 3. The van der Waals surface area contributed by atoms with Gasteiger partial charge in [0.1, 0.15) is 18.5 Å². The Bertz CT molecular complexity index is 732. The van der Waals surface area contributed by atoms with Crippen molar-refractivity contribution in [2.24, 2.45) is 0 Å². The molecule has 0 bridgehead atoms. The highest BCUT2D eigenvalue weighted by atomic mass is 16.2. The Hall–Kier alpha value is -2.83. The van der Waals surface area contributed by atoms with Gasteiger partial charge in [-0.2, -0.15) is 14.5 Å². The summed E-state index contributed by atoms with van der Waals surface area (Å²) in [4.78, 5) is 20.6. The van der Waals surface area contributed by atoms with Gasteiger partial charge < -0.3 is 0 Å². The maximum atomic E-state index is 12.4. The fraction of sp³-hybridized carbons (Fsp3) is 0.214. The van der Waals surface area contributed by atoms with Gasteiger partial charge in [-0.1, -0.05) is 37.3 Å². The summed E-state index contributed by atoms with van der Waals surface area (Å²) < 4.78 is 2.43. The minimum atomic E-state index is -0.384. The number of carbonyl (C=O) groups is 1. The lowest BCUT2D eigenvalue weighted by Crippen LogP contribution is -2.23. The predicted molar refractivity (Wildman–Crippen MR) is 75.7 cm³/mol. The Kier molecular flexibility index (Phi) is 3.55. The molecule has 21 heavy (non-hydrogen) atoms. The van der Waals surface area contributed by atoms with E-state index >= 15 is 0 Å². The fourth-order valence-corrected chi connectivity index (χ4v) is 2.00. The lowest BCUT2D eigenvalue weighted by Gasteiger charge is -2.01. The number of nitrogens with zero attached hydrogens (tertiary/aromatic N) is 6. The second-order valence-corrected chi connectivity index (χ2v) is 4.50. The molecular weight excluding hydrogens is 268 g/mol. The minimum absolute atomic E-state index is 0.384. The van der Waals surface area contributed by atoms with Gasteiger partial charge in [0, 0.05) is 12.0 Å². The van der Waals surface area contributed by atoms with Crippen molar-refractivity contribution < 1.29 is 4.79 Å². The minimum Gasteiger partial charge on any atom is -0.243 e. The van der Waals surface area contributed by atoms with Crippen LogP contribution in [-0.4, -0.2) is 35.6 Å². The highest BCUT2D eigenvalue weighted by molar-refractivity contribution is 5.78. The highest BCUT2D eigenvalue weighted by Crippen LogP contribution is 2.16. The molecule has 0 unspecified atom stereocenters. The Balaban J connectivity index is 2.03. The Morgan fingerprint density at radius 2 is 2.05 bits per heavy atom. The number of carbonyl (C=O) groups excluding carboxylic acids is 1. The molecule has 0 amide bonds. The van der Waals surface area contributed by atoms with Gasteiger partial charge in [0.15, 0.2) is 5.82 Å². The molecule has 0 saturated heterocycles. The average molecular weight is 282 g/mol. The Labute approximate surface area is 121 Å². The zero-order valence-electron chi connectivity index (χ0n) is 11.5. The van der Waals surface area contributed by atoms with Crippen LogP contribution in [0.4, 0.5) is 4.79 Å².